The van der Waals surface area contributed by atoms with Gasteiger partial charge in [-0.25, -0.2) is 13.1 Å². The van der Waals surface area contributed by atoms with Crippen LogP contribution < -0.4 is 21.1 Å². The summed E-state index contributed by atoms with van der Waals surface area (Å²) in [6, 6.07) is -1.02. The van der Waals surface area contributed by atoms with Gasteiger partial charge in [0.05, 0.1) is 11.7 Å². The molecular formula is C20H44BN5O5S. The van der Waals surface area contributed by atoms with Crippen molar-refractivity contribution in [1.82, 2.24) is 15.4 Å². The van der Waals surface area contributed by atoms with E-state index in [9.17, 15) is 23.3 Å². The summed E-state index contributed by atoms with van der Waals surface area (Å²) in [5.74, 6) is -1.13. The fraction of sp³-hybridized carbons (Fsp3) is 0.900. The first-order valence-corrected chi connectivity index (χ1v) is 13.3. The number of carbonyl (C=O) groups is 1. The molecule has 0 unspecified atom stereocenters. The zero-order chi connectivity index (χ0) is 24.6. The highest BCUT2D eigenvalue weighted by Gasteiger charge is 2.30. The van der Waals surface area contributed by atoms with Crippen molar-refractivity contribution in [1.29, 1.82) is 0 Å². The number of nitrogens with zero attached hydrogens (tertiary/aromatic N) is 1. The first-order valence-electron chi connectivity index (χ1n) is 11.6. The topological polar surface area (TPSA) is 166 Å². The van der Waals surface area contributed by atoms with E-state index >= 15 is 0 Å². The van der Waals surface area contributed by atoms with E-state index in [2.05, 4.69) is 27.3 Å². The summed E-state index contributed by atoms with van der Waals surface area (Å²) in [5, 5.41) is 24.7. The average molecular weight is 477 g/mol. The lowest BCUT2D eigenvalue weighted by atomic mass is 9.75. The number of carbonyl (C=O) groups excluding carboxylic acids is 1. The van der Waals surface area contributed by atoms with Crippen molar-refractivity contribution in [3.05, 3.63) is 0 Å². The Morgan fingerprint density at radius 3 is 2.28 bits per heavy atom. The molecular weight excluding hydrogens is 433 g/mol. The number of guanidine groups is 1. The molecule has 0 saturated heterocycles. The standard InChI is InChI=1S/C20H44BN5O5S/c1-5-6-7-8-9-10-14-32(30,31)26-17(12-11-13-24-20(22)23-4)19(27)25-18(21(28)29)15-16(2)3/h16-18,26,28-29H,5-15H2,1-4H3,(H,25,27)(H3,22,23,24)/t17-,18-/m0/s1. The number of amides is 1. The summed E-state index contributed by atoms with van der Waals surface area (Å²) in [5.41, 5.74) is 5.59. The molecule has 188 valence electrons. The molecule has 7 N–H and O–H groups in total. The predicted molar refractivity (Wildman–Crippen MR) is 130 cm³/mol. The van der Waals surface area contributed by atoms with Gasteiger partial charge in [0.2, 0.25) is 15.9 Å². The van der Waals surface area contributed by atoms with Gasteiger partial charge in [-0.05, 0) is 31.6 Å². The van der Waals surface area contributed by atoms with E-state index in [1.165, 1.54) is 0 Å². The highest BCUT2D eigenvalue weighted by atomic mass is 32.2. The monoisotopic (exact) mass is 477 g/mol. The molecule has 10 nitrogen and oxygen atoms in total. The lowest BCUT2D eigenvalue weighted by molar-refractivity contribution is -0.123. The summed E-state index contributed by atoms with van der Waals surface area (Å²) < 4.78 is 27.7. The van der Waals surface area contributed by atoms with E-state index in [4.69, 9.17) is 5.73 Å². The zero-order valence-electron chi connectivity index (χ0n) is 20.1. The van der Waals surface area contributed by atoms with Gasteiger partial charge in [0.15, 0.2) is 5.96 Å². The third kappa shape index (κ3) is 15.4. The minimum atomic E-state index is -3.66. The van der Waals surface area contributed by atoms with Crippen molar-refractivity contribution in [2.45, 2.75) is 90.5 Å². The molecule has 1 amide bonds. The van der Waals surface area contributed by atoms with Crippen LogP contribution in [0.5, 0.6) is 0 Å². The van der Waals surface area contributed by atoms with Crippen LogP contribution in [0.25, 0.3) is 0 Å². The average Bonchev–Trinajstić information content (AvgIpc) is 2.71. The number of sulfonamides is 1. The van der Waals surface area contributed by atoms with E-state index in [1.807, 2.05) is 13.8 Å². The van der Waals surface area contributed by atoms with E-state index in [1.54, 1.807) is 7.05 Å². The van der Waals surface area contributed by atoms with Crippen molar-refractivity contribution >= 4 is 29.0 Å². The van der Waals surface area contributed by atoms with E-state index in [0.717, 1.165) is 32.1 Å². The fourth-order valence-corrected chi connectivity index (χ4v) is 4.60. The Morgan fingerprint density at radius 1 is 1.09 bits per heavy atom. The number of hydrogen-bond acceptors (Lipinski definition) is 6. The maximum absolute atomic E-state index is 12.8. The fourth-order valence-electron chi connectivity index (χ4n) is 3.24. The molecule has 0 aliphatic heterocycles. The smallest absolute Gasteiger partial charge is 0.426 e. The van der Waals surface area contributed by atoms with Crippen molar-refractivity contribution in [3.8, 4) is 0 Å². The minimum absolute atomic E-state index is 0.0470. The zero-order valence-corrected chi connectivity index (χ0v) is 21.0. The Morgan fingerprint density at radius 2 is 1.72 bits per heavy atom. The maximum Gasteiger partial charge on any atom is 0.475 e. The van der Waals surface area contributed by atoms with Crippen LogP contribution in [-0.4, -0.2) is 68.8 Å². The van der Waals surface area contributed by atoms with Gasteiger partial charge < -0.3 is 26.4 Å². The molecule has 0 radical (unpaired) electrons. The van der Waals surface area contributed by atoms with Gasteiger partial charge in [-0.2, -0.15) is 0 Å². The van der Waals surface area contributed by atoms with Crippen LogP contribution in [-0.2, 0) is 14.8 Å². The second-order valence-electron chi connectivity index (χ2n) is 8.59. The van der Waals surface area contributed by atoms with Gasteiger partial charge in [0, 0.05) is 13.6 Å². The first kappa shape index (κ1) is 30.6. The van der Waals surface area contributed by atoms with Crippen LogP contribution in [0.2, 0.25) is 0 Å². The molecule has 0 aromatic heterocycles. The van der Waals surface area contributed by atoms with Crippen LogP contribution in [0.3, 0.4) is 0 Å². The summed E-state index contributed by atoms with van der Waals surface area (Å²) >= 11 is 0. The Hall–Kier alpha value is -1.37. The lowest BCUT2D eigenvalue weighted by Gasteiger charge is -2.24. The van der Waals surface area contributed by atoms with Gasteiger partial charge in [-0.3, -0.25) is 9.79 Å². The van der Waals surface area contributed by atoms with E-state index < -0.39 is 35.0 Å². The van der Waals surface area contributed by atoms with Gasteiger partial charge in [-0.15, -0.1) is 0 Å². The second kappa shape index (κ2) is 17.2. The first-order chi connectivity index (χ1) is 15.0. The third-order valence-corrected chi connectivity index (χ3v) is 6.50. The molecule has 12 heteroatoms. The molecule has 0 heterocycles. The molecule has 0 aromatic carbocycles. The number of rotatable bonds is 18. The summed E-state index contributed by atoms with van der Waals surface area (Å²) in [6.07, 6.45) is 6.74. The van der Waals surface area contributed by atoms with Crippen LogP contribution in [0.4, 0.5) is 0 Å². The molecule has 0 aliphatic carbocycles. The van der Waals surface area contributed by atoms with Gasteiger partial charge >= 0.3 is 7.12 Å². The highest BCUT2D eigenvalue weighted by Crippen LogP contribution is 2.09. The number of aliphatic imine (C=N–C) groups is 1. The van der Waals surface area contributed by atoms with Crippen LogP contribution in [0.1, 0.15) is 78.6 Å². The summed E-state index contributed by atoms with van der Waals surface area (Å²) in [6.45, 7) is 6.34. The molecule has 0 aromatic rings. The van der Waals surface area contributed by atoms with Crippen LogP contribution in [0, 0.1) is 5.92 Å². The van der Waals surface area contributed by atoms with Crippen LogP contribution >= 0.6 is 0 Å². The Bertz CT molecular complexity index is 646. The Kier molecular flexibility index (Phi) is 16.4. The molecule has 2 atom stereocenters. The second-order valence-corrected chi connectivity index (χ2v) is 10.5. The minimum Gasteiger partial charge on any atom is -0.426 e. The normalized spacial score (nSPS) is 14.3. The van der Waals surface area contributed by atoms with E-state index in [-0.39, 0.29) is 24.1 Å². The molecule has 0 aliphatic rings. The summed E-state index contributed by atoms with van der Waals surface area (Å²) in [4.78, 5) is 16.6. The molecule has 0 saturated carbocycles. The van der Waals surface area contributed by atoms with Gasteiger partial charge in [0.1, 0.15) is 6.04 Å². The third-order valence-electron chi connectivity index (χ3n) is 5.03. The van der Waals surface area contributed by atoms with Crippen molar-refractivity contribution in [2.24, 2.45) is 16.6 Å². The van der Waals surface area contributed by atoms with Gasteiger partial charge in [-0.1, -0.05) is 52.9 Å². The quantitative estimate of drug-likeness (QED) is 0.0723. The number of unbranched alkanes of at least 4 members (excludes halogenated alkanes) is 5. The molecule has 0 fully saturated rings. The van der Waals surface area contributed by atoms with E-state index in [0.29, 0.717) is 25.8 Å². The molecule has 0 spiro atoms. The van der Waals surface area contributed by atoms with Crippen LogP contribution in [0.15, 0.2) is 4.99 Å². The number of hydrogen-bond donors (Lipinski definition) is 6. The van der Waals surface area contributed by atoms with Crippen molar-refractivity contribution < 1.29 is 23.3 Å². The van der Waals surface area contributed by atoms with Crippen molar-refractivity contribution in [3.63, 3.8) is 0 Å². The largest absolute Gasteiger partial charge is 0.475 e. The lowest BCUT2D eigenvalue weighted by Crippen LogP contribution is -2.54. The number of nitrogens with two attached hydrogens (primary N) is 1. The number of nitrogens with one attached hydrogen (secondary N) is 3. The summed E-state index contributed by atoms with van der Waals surface area (Å²) in [7, 11) is -3.85. The highest BCUT2D eigenvalue weighted by molar-refractivity contribution is 7.89. The molecule has 0 rings (SSSR count). The SMILES string of the molecule is CCCCCCCCS(=O)(=O)N[C@@H](CCCNC(N)=NC)C(=O)N[C@@H](CC(C)C)B(O)O. The molecule has 0 bridgehead atoms. The molecule has 32 heavy (non-hydrogen) atoms. The maximum atomic E-state index is 12.8. The van der Waals surface area contributed by atoms with Gasteiger partial charge in [0.25, 0.3) is 0 Å². The Balaban J connectivity index is 5.01. The predicted octanol–water partition coefficient (Wildman–Crippen LogP) is 0.492. The Labute approximate surface area is 194 Å². The van der Waals surface area contributed by atoms with Crippen molar-refractivity contribution in [2.75, 3.05) is 19.3 Å².